The minimum Gasteiger partial charge on any atom is -0.274 e. The highest BCUT2D eigenvalue weighted by Crippen LogP contribution is 2.51. The summed E-state index contributed by atoms with van der Waals surface area (Å²) < 4.78 is 26.5. The van der Waals surface area contributed by atoms with E-state index in [1.54, 1.807) is 12.1 Å². The number of carbonyl (C=O) groups is 1. The van der Waals surface area contributed by atoms with Gasteiger partial charge in [-0.1, -0.05) is 31.4 Å². The summed E-state index contributed by atoms with van der Waals surface area (Å²) in [5.41, 5.74) is 0.860. The lowest BCUT2D eigenvalue weighted by molar-refractivity contribution is -0.121. The molecule has 20 heavy (non-hydrogen) atoms. The van der Waals surface area contributed by atoms with Crippen molar-refractivity contribution in [2.45, 2.75) is 37.5 Å². The maximum absolute atomic E-state index is 12.2. The van der Waals surface area contributed by atoms with Crippen LogP contribution in [0.2, 0.25) is 0 Å². The first kappa shape index (κ1) is 13.6. The van der Waals surface area contributed by atoms with Gasteiger partial charge >= 0.3 is 0 Å². The van der Waals surface area contributed by atoms with Gasteiger partial charge in [0, 0.05) is 5.92 Å². The van der Waals surface area contributed by atoms with Gasteiger partial charge in [0.15, 0.2) is 0 Å². The first-order valence-corrected chi connectivity index (χ1v) is 8.59. The summed E-state index contributed by atoms with van der Waals surface area (Å²) in [5, 5.41) is 0. The zero-order valence-corrected chi connectivity index (χ0v) is 12.3. The van der Waals surface area contributed by atoms with E-state index >= 15 is 0 Å². The van der Waals surface area contributed by atoms with Crippen LogP contribution in [0.15, 0.2) is 29.2 Å². The van der Waals surface area contributed by atoms with Crippen molar-refractivity contribution in [3.05, 3.63) is 29.8 Å². The molecule has 0 heterocycles. The molecule has 0 aromatic heterocycles. The molecular weight excluding hydrogens is 274 g/mol. The zero-order valence-electron chi connectivity index (χ0n) is 11.5. The highest BCUT2D eigenvalue weighted by molar-refractivity contribution is 7.90. The lowest BCUT2D eigenvalue weighted by Gasteiger charge is -2.25. The van der Waals surface area contributed by atoms with Crippen molar-refractivity contribution < 1.29 is 13.2 Å². The molecule has 0 unspecified atom stereocenters. The number of hydrogen-bond acceptors (Lipinski definition) is 3. The summed E-state index contributed by atoms with van der Waals surface area (Å²) in [5.74, 6) is 0.632. The van der Waals surface area contributed by atoms with Gasteiger partial charge in [0.1, 0.15) is 0 Å². The van der Waals surface area contributed by atoms with Crippen LogP contribution in [0.1, 0.15) is 31.2 Å². The molecule has 2 atom stereocenters. The molecule has 0 spiro atoms. The second-order valence-corrected chi connectivity index (χ2v) is 7.67. The number of rotatable bonds is 4. The molecule has 0 saturated heterocycles. The Bertz CT molecular complexity index is 634. The summed E-state index contributed by atoms with van der Waals surface area (Å²) in [6.45, 7) is 1.83. The molecule has 0 radical (unpaired) electrons. The molecule has 1 amide bonds. The maximum atomic E-state index is 12.2. The van der Waals surface area contributed by atoms with Gasteiger partial charge in [-0.25, -0.2) is 13.1 Å². The number of amides is 1. The molecule has 4 nitrogen and oxygen atoms in total. The Morgan fingerprint density at radius 1 is 1.30 bits per heavy atom. The Balaban J connectivity index is 1.66. The van der Waals surface area contributed by atoms with Gasteiger partial charge in [0.2, 0.25) is 5.91 Å². The molecule has 0 aliphatic heterocycles. The van der Waals surface area contributed by atoms with Crippen molar-refractivity contribution in [3.63, 3.8) is 0 Å². The highest BCUT2D eigenvalue weighted by Gasteiger charge is 2.49. The van der Waals surface area contributed by atoms with Crippen LogP contribution in [-0.4, -0.2) is 14.3 Å². The van der Waals surface area contributed by atoms with Crippen molar-refractivity contribution >= 4 is 15.9 Å². The second-order valence-electron chi connectivity index (χ2n) is 5.98. The highest BCUT2D eigenvalue weighted by atomic mass is 32.2. The van der Waals surface area contributed by atoms with E-state index < -0.39 is 10.0 Å². The standard InChI is InChI=1S/C15H19NO3S/c1-10-4-2-7-12(8-10)20(18,19)16-15(17)14-9-13(14)11-5-3-6-11/h2,4,7-8,11,13-14H,3,5-6,9H2,1H3,(H,16,17)/t13-,14+/m0/s1. The molecule has 2 saturated carbocycles. The lowest BCUT2D eigenvalue weighted by Crippen LogP contribution is -2.33. The van der Waals surface area contributed by atoms with Crippen LogP contribution in [0.3, 0.4) is 0 Å². The third-order valence-corrected chi connectivity index (χ3v) is 5.81. The molecule has 1 aromatic rings. The van der Waals surface area contributed by atoms with Crippen LogP contribution < -0.4 is 4.72 Å². The van der Waals surface area contributed by atoms with E-state index in [4.69, 9.17) is 0 Å². The topological polar surface area (TPSA) is 63.2 Å². The third-order valence-electron chi connectivity index (χ3n) is 4.47. The van der Waals surface area contributed by atoms with E-state index in [0.29, 0.717) is 11.8 Å². The Labute approximate surface area is 119 Å². The van der Waals surface area contributed by atoms with Gasteiger partial charge in [-0.3, -0.25) is 4.79 Å². The van der Waals surface area contributed by atoms with Gasteiger partial charge in [-0.2, -0.15) is 0 Å². The van der Waals surface area contributed by atoms with E-state index in [-0.39, 0.29) is 16.7 Å². The fourth-order valence-electron chi connectivity index (χ4n) is 2.95. The van der Waals surface area contributed by atoms with Gasteiger partial charge in [-0.05, 0) is 42.9 Å². The largest absolute Gasteiger partial charge is 0.274 e. The fourth-order valence-corrected chi connectivity index (χ4v) is 4.09. The van der Waals surface area contributed by atoms with E-state index in [2.05, 4.69) is 4.72 Å². The van der Waals surface area contributed by atoms with Crippen LogP contribution in [0.4, 0.5) is 0 Å². The molecule has 1 N–H and O–H groups in total. The SMILES string of the molecule is Cc1cccc(S(=O)(=O)NC(=O)[C@@H]2C[C@H]2C2CCC2)c1. The Kier molecular flexibility index (Phi) is 3.32. The van der Waals surface area contributed by atoms with Gasteiger partial charge in [0.25, 0.3) is 10.0 Å². The number of nitrogens with one attached hydrogen (secondary N) is 1. The zero-order chi connectivity index (χ0) is 14.3. The number of benzene rings is 1. The molecule has 2 fully saturated rings. The smallest absolute Gasteiger partial charge is 0.264 e. The minimum absolute atomic E-state index is 0.0973. The van der Waals surface area contributed by atoms with Crippen LogP contribution >= 0.6 is 0 Å². The van der Waals surface area contributed by atoms with Crippen molar-refractivity contribution in [1.82, 2.24) is 4.72 Å². The molecule has 2 aliphatic rings. The normalized spacial score (nSPS) is 25.9. The average molecular weight is 293 g/mol. The Morgan fingerprint density at radius 3 is 2.65 bits per heavy atom. The van der Waals surface area contributed by atoms with Crippen molar-refractivity contribution in [2.75, 3.05) is 0 Å². The number of carbonyl (C=O) groups excluding carboxylic acids is 1. The fraction of sp³-hybridized carbons (Fsp3) is 0.533. The van der Waals surface area contributed by atoms with Crippen LogP contribution in [0.25, 0.3) is 0 Å². The number of aryl methyl sites for hydroxylation is 1. The summed E-state index contributed by atoms with van der Waals surface area (Å²) in [6, 6.07) is 6.60. The first-order chi connectivity index (χ1) is 9.47. The number of hydrogen-bond donors (Lipinski definition) is 1. The van der Waals surface area contributed by atoms with E-state index in [1.165, 1.54) is 25.3 Å². The Hall–Kier alpha value is -1.36. The molecule has 108 valence electrons. The predicted octanol–water partition coefficient (Wildman–Crippen LogP) is 2.24. The minimum atomic E-state index is -3.72. The predicted molar refractivity (Wildman–Crippen MR) is 75.4 cm³/mol. The van der Waals surface area contributed by atoms with Crippen molar-refractivity contribution in [3.8, 4) is 0 Å². The number of sulfonamides is 1. The second kappa shape index (κ2) is 4.88. The van der Waals surface area contributed by atoms with Crippen molar-refractivity contribution in [1.29, 1.82) is 0 Å². The summed E-state index contributed by atoms with van der Waals surface area (Å²) >= 11 is 0. The van der Waals surface area contributed by atoms with Crippen LogP contribution in [0, 0.1) is 24.7 Å². The lowest BCUT2D eigenvalue weighted by atomic mass is 9.81. The molecule has 1 aromatic carbocycles. The summed E-state index contributed by atoms with van der Waals surface area (Å²) in [4.78, 5) is 12.2. The average Bonchev–Trinajstić information content (AvgIpc) is 3.06. The maximum Gasteiger partial charge on any atom is 0.264 e. The molecule has 5 heteroatoms. The first-order valence-electron chi connectivity index (χ1n) is 7.11. The van der Waals surface area contributed by atoms with Crippen molar-refractivity contribution in [2.24, 2.45) is 17.8 Å². The summed E-state index contributed by atoms with van der Waals surface area (Å²) in [6.07, 6.45) is 4.48. The van der Waals surface area contributed by atoms with Gasteiger partial charge in [0.05, 0.1) is 4.90 Å². The molecule has 0 bridgehead atoms. The Morgan fingerprint density at radius 2 is 2.05 bits per heavy atom. The van der Waals surface area contributed by atoms with Crippen LogP contribution in [-0.2, 0) is 14.8 Å². The third kappa shape index (κ3) is 2.59. The molecule has 2 aliphatic carbocycles. The molecular formula is C15H19NO3S. The van der Waals surface area contributed by atoms with E-state index in [9.17, 15) is 13.2 Å². The quantitative estimate of drug-likeness (QED) is 0.926. The van der Waals surface area contributed by atoms with E-state index in [1.807, 2.05) is 13.0 Å². The molecule has 3 rings (SSSR count). The summed E-state index contributed by atoms with van der Waals surface area (Å²) in [7, 11) is -3.72. The van der Waals surface area contributed by atoms with E-state index in [0.717, 1.165) is 12.0 Å². The van der Waals surface area contributed by atoms with Crippen LogP contribution in [0.5, 0.6) is 0 Å². The van der Waals surface area contributed by atoms with Gasteiger partial charge in [-0.15, -0.1) is 0 Å². The monoisotopic (exact) mass is 293 g/mol. The van der Waals surface area contributed by atoms with Gasteiger partial charge < -0.3 is 0 Å².